The minimum Gasteiger partial charge on any atom is -0.373 e. The summed E-state index contributed by atoms with van der Waals surface area (Å²) in [7, 11) is 0. The first-order valence-corrected chi connectivity index (χ1v) is 10.3. The summed E-state index contributed by atoms with van der Waals surface area (Å²) in [5, 5.41) is 5.82. The highest BCUT2D eigenvalue weighted by Crippen LogP contribution is 2.29. The molecule has 2 unspecified atom stereocenters. The lowest BCUT2D eigenvalue weighted by Crippen LogP contribution is -2.57. The van der Waals surface area contributed by atoms with Crippen LogP contribution in [0.25, 0.3) is 0 Å². The van der Waals surface area contributed by atoms with Gasteiger partial charge in [0.25, 0.3) is 5.91 Å². The molecule has 2 aliphatic rings. The van der Waals surface area contributed by atoms with Crippen LogP contribution < -0.4 is 10.6 Å². The SMILES string of the molecule is CCC1COCC(=O)C1NC(=O)[C@H](CC1CCCC1)NC(=O)c1ccccc1. The van der Waals surface area contributed by atoms with Crippen LogP contribution in [0.5, 0.6) is 0 Å². The number of benzene rings is 1. The van der Waals surface area contributed by atoms with E-state index >= 15 is 0 Å². The van der Waals surface area contributed by atoms with E-state index in [2.05, 4.69) is 10.6 Å². The van der Waals surface area contributed by atoms with Gasteiger partial charge < -0.3 is 15.4 Å². The number of hydrogen-bond donors (Lipinski definition) is 2. The Balaban J connectivity index is 1.70. The Bertz CT molecular complexity index is 685. The van der Waals surface area contributed by atoms with Gasteiger partial charge in [-0.1, -0.05) is 50.8 Å². The number of Topliss-reactive ketones (excluding diaryl/α,β-unsaturated/α-hetero) is 1. The van der Waals surface area contributed by atoms with E-state index in [4.69, 9.17) is 4.74 Å². The lowest BCUT2D eigenvalue weighted by atomic mass is 9.91. The van der Waals surface area contributed by atoms with Gasteiger partial charge in [-0.05, 0) is 30.9 Å². The second-order valence-electron chi connectivity index (χ2n) is 7.91. The maximum Gasteiger partial charge on any atom is 0.251 e. The van der Waals surface area contributed by atoms with Gasteiger partial charge in [0.05, 0.1) is 12.6 Å². The zero-order valence-electron chi connectivity index (χ0n) is 16.5. The number of ketones is 1. The predicted molar refractivity (Wildman–Crippen MR) is 106 cm³/mol. The molecule has 1 aromatic carbocycles. The minimum atomic E-state index is -0.635. The zero-order chi connectivity index (χ0) is 19.9. The highest BCUT2D eigenvalue weighted by molar-refractivity contribution is 5.98. The van der Waals surface area contributed by atoms with E-state index in [1.165, 1.54) is 12.8 Å². The molecule has 1 aromatic rings. The Morgan fingerprint density at radius 1 is 1.18 bits per heavy atom. The average molecular weight is 386 g/mol. The Labute approximate surface area is 166 Å². The molecule has 2 fully saturated rings. The van der Waals surface area contributed by atoms with Crippen LogP contribution in [0.15, 0.2) is 30.3 Å². The van der Waals surface area contributed by atoms with Crippen molar-refractivity contribution in [3.63, 3.8) is 0 Å². The standard InChI is InChI=1S/C22H30N2O4/c1-2-16-13-28-14-19(25)20(16)24-22(27)18(12-15-8-6-7-9-15)23-21(26)17-10-4-3-5-11-17/h3-5,10-11,15-16,18,20H,2,6-9,12-14H2,1H3,(H,23,26)(H,24,27)/t16?,18-,20?/m0/s1. The first-order valence-electron chi connectivity index (χ1n) is 10.3. The van der Waals surface area contributed by atoms with Crippen molar-refractivity contribution < 1.29 is 19.1 Å². The van der Waals surface area contributed by atoms with Gasteiger partial charge in [-0.3, -0.25) is 14.4 Å². The summed E-state index contributed by atoms with van der Waals surface area (Å²) in [5.74, 6) is -0.222. The van der Waals surface area contributed by atoms with Gasteiger partial charge >= 0.3 is 0 Å². The second kappa shape index (κ2) is 9.82. The topological polar surface area (TPSA) is 84.5 Å². The van der Waals surface area contributed by atoms with E-state index in [-0.39, 0.29) is 30.1 Å². The number of hydrogen-bond acceptors (Lipinski definition) is 4. The van der Waals surface area contributed by atoms with Crippen molar-refractivity contribution in [3.05, 3.63) is 35.9 Å². The second-order valence-corrected chi connectivity index (χ2v) is 7.91. The van der Waals surface area contributed by atoms with E-state index in [9.17, 15) is 14.4 Å². The van der Waals surface area contributed by atoms with Crippen LogP contribution in [-0.4, -0.2) is 42.9 Å². The van der Waals surface area contributed by atoms with Crippen molar-refractivity contribution in [2.75, 3.05) is 13.2 Å². The Kier molecular flexibility index (Phi) is 7.20. The van der Waals surface area contributed by atoms with Gasteiger partial charge in [0.2, 0.25) is 5.91 Å². The third kappa shape index (κ3) is 5.19. The van der Waals surface area contributed by atoms with Crippen molar-refractivity contribution in [2.24, 2.45) is 11.8 Å². The maximum atomic E-state index is 13.1. The molecule has 3 atom stereocenters. The van der Waals surface area contributed by atoms with Gasteiger partial charge in [-0.15, -0.1) is 0 Å². The number of nitrogens with one attached hydrogen (secondary N) is 2. The summed E-state index contributed by atoms with van der Waals surface area (Å²) in [6.45, 7) is 2.49. The first kappa shape index (κ1) is 20.5. The summed E-state index contributed by atoms with van der Waals surface area (Å²) >= 11 is 0. The summed E-state index contributed by atoms with van der Waals surface area (Å²) in [6, 6.07) is 7.74. The fourth-order valence-corrected chi connectivity index (χ4v) is 4.21. The van der Waals surface area contributed by atoms with Crippen LogP contribution in [0, 0.1) is 11.8 Å². The van der Waals surface area contributed by atoms with E-state index < -0.39 is 12.1 Å². The van der Waals surface area contributed by atoms with Crippen molar-refractivity contribution in [2.45, 2.75) is 57.5 Å². The number of carbonyl (C=O) groups excluding carboxylic acids is 3. The van der Waals surface area contributed by atoms with Crippen LogP contribution in [0.1, 0.15) is 55.8 Å². The number of carbonyl (C=O) groups is 3. The number of ether oxygens (including phenoxy) is 1. The van der Waals surface area contributed by atoms with E-state index in [1.807, 2.05) is 13.0 Å². The molecular formula is C22H30N2O4. The lowest BCUT2D eigenvalue weighted by molar-refractivity contribution is -0.138. The van der Waals surface area contributed by atoms with Crippen molar-refractivity contribution in [1.29, 1.82) is 0 Å². The van der Waals surface area contributed by atoms with Crippen LogP contribution in [0.3, 0.4) is 0 Å². The van der Waals surface area contributed by atoms with Crippen molar-refractivity contribution >= 4 is 17.6 Å². The fraction of sp³-hybridized carbons (Fsp3) is 0.591. The Morgan fingerprint density at radius 2 is 1.89 bits per heavy atom. The summed E-state index contributed by atoms with van der Waals surface area (Å²) in [5.41, 5.74) is 0.528. The molecule has 6 nitrogen and oxygen atoms in total. The molecule has 1 aliphatic carbocycles. The summed E-state index contributed by atoms with van der Waals surface area (Å²) in [4.78, 5) is 38.0. The van der Waals surface area contributed by atoms with Crippen LogP contribution in [0.2, 0.25) is 0 Å². The van der Waals surface area contributed by atoms with Crippen molar-refractivity contribution in [1.82, 2.24) is 10.6 Å². The maximum absolute atomic E-state index is 13.1. The Hall–Kier alpha value is -2.21. The molecule has 1 heterocycles. The molecule has 1 saturated carbocycles. The summed E-state index contributed by atoms with van der Waals surface area (Å²) < 4.78 is 5.32. The molecule has 6 heteroatoms. The summed E-state index contributed by atoms with van der Waals surface area (Å²) in [6.07, 6.45) is 5.86. The van der Waals surface area contributed by atoms with Crippen LogP contribution >= 0.6 is 0 Å². The predicted octanol–water partition coefficient (Wildman–Crippen LogP) is 2.48. The van der Waals surface area contributed by atoms with E-state index in [0.717, 1.165) is 19.3 Å². The van der Waals surface area contributed by atoms with Crippen LogP contribution in [-0.2, 0) is 14.3 Å². The lowest BCUT2D eigenvalue weighted by Gasteiger charge is -2.32. The Morgan fingerprint density at radius 3 is 2.57 bits per heavy atom. The number of amides is 2. The molecule has 1 aliphatic heterocycles. The van der Waals surface area contributed by atoms with Crippen LogP contribution in [0.4, 0.5) is 0 Å². The highest BCUT2D eigenvalue weighted by Gasteiger charge is 2.35. The molecule has 2 amide bonds. The molecule has 0 radical (unpaired) electrons. The largest absolute Gasteiger partial charge is 0.373 e. The fourth-order valence-electron chi connectivity index (χ4n) is 4.21. The monoisotopic (exact) mass is 386 g/mol. The molecule has 0 spiro atoms. The molecule has 1 saturated heterocycles. The van der Waals surface area contributed by atoms with Gasteiger partial charge in [0, 0.05) is 11.5 Å². The van der Waals surface area contributed by atoms with E-state index in [0.29, 0.717) is 24.5 Å². The normalized spacial score (nSPS) is 24.0. The van der Waals surface area contributed by atoms with Gasteiger partial charge in [-0.2, -0.15) is 0 Å². The first-order chi connectivity index (χ1) is 13.6. The smallest absolute Gasteiger partial charge is 0.251 e. The minimum absolute atomic E-state index is 0.0258. The van der Waals surface area contributed by atoms with Gasteiger partial charge in [0.15, 0.2) is 5.78 Å². The average Bonchev–Trinajstić information content (AvgIpc) is 3.22. The van der Waals surface area contributed by atoms with Crippen molar-refractivity contribution in [3.8, 4) is 0 Å². The molecule has 0 bridgehead atoms. The molecule has 28 heavy (non-hydrogen) atoms. The third-order valence-electron chi connectivity index (χ3n) is 5.92. The zero-order valence-corrected chi connectivity index (χ0v) is 16.5. The molecule has 0 aromatic heterocycles. The van der Waals surface area contributed by atoms with Gasteiger partial charge in [0.1, 0.15) is 12.6 Å². The highest BCUT2D eigenvalue weighted by atomic mass is 16.5. The molecule has 152 valence electrons. The molecular weight excluding hydrogens is 356 g/mol. The third-order valence-corrected chi connectivity index (χ3v) is 5.92. The van der Waals surface area contributed by atoms with E-state index in [1.54, 1.807) is 24.3 Å². The number of rotatable bonds is 7. The quantitative estimate of drug-likeness (QED) is 0.754. The molecule has 3 rings (SSSR count). The molecule has 2 N–H and O–H groups in total. The van der Waals surface area contributed by atoms with Gasteiger partial charge in [-0.25, -0.2) is 0 Å².